The number of nitrogens with zero attached hydrogens (tertiary/aromatic N) is 1. The summed E-state index contributed by atoms with van der Waals surface area (Å²) in [6.07, 6.45) is 0. The highest BCUT2D eigenvalue weighted by atomic mass is 32.2. The van der Waals surface area contributed by atoms with Gasteiger partial charge in [0.2, 0.25) is 9.84 Å². The Labute approximate surface area is 214 Å². The molecule has 4 aromatic carbocycles. The highest BCUT2D eigenvalue weighted by Gasteiger charge is 2.16. The maximum Gasteiger partial charge on any atom is 0.269 e. The maximum absolute atomic E-state index is 12.3. The molecule has 0 amide bonds. The Kier molecular flexibility index (Phi) is 10.1. The summed E-state index contributed by atoms with van der Waals surface area (Å²) < 4.78 is 24.5. The summed E-state index contributed by atoms with van der Waals surface area (Å²) >= 11 is 0. The van der Waals surface area contributed by atoms with Crippen LogP contribution in [0.15, 0.2) is 101 Å². The van der Waals surface area contributed by atoms with Gasteiger partial charge in [-0.25, -0.2) is 8.42 Å². The van der Waals surface area contributed by atoms with Crippen LogP contribution < -0.4 is 0 Å². The number of hydrogen-bond donors (Lipinski definition) is 0. The molecule has 0 aliphatic carbocycles. The number of non-ortho nitro benzene ring substituents is 1. The van der Waals surface area contributed by atoms with Crippen LogP contribution in [0, 0.1) is 51.7 Å². The molecular formula is C30H33NO4S. The van der Waals surface area contributed by atoms with E-state index in [9.17, 15) is 18.5 Å². The zero-order valence-corrected chi connectivity index (χ0v) is 22.5. The number of aryl methyl sites for hydroxylation is 6. The van der Waals surface area contributed by atoms with Crippen LogP contribution in [0.25, 0.3) is 0 Å². The zero-order chi connectivity index (χ0) is 26.9. The van der Waals surface area contributed by atoms with E-state index >= 15 is 0 Å². The van der Waals surface area contributed by atoms with E-state index in [1.807, 2.05) is 33.8 Å². The molecule has 0 aromatic heterocycles. The summed E-state index contributed by atoms with van der Waals surface area (Å²) in [4.78, 5) is 10.6. The molecule has 188 valence electrons. The second-order valence-corrected chi connectivity index (χ2v) is 10.8. The Morgan fingerprint density at radius 1 is 0.500 bits per heavy atom. The Bertz CT molecular complexity index is 1300. The molecule has 6 heteroatoms. The first-order valence-electron chi connectivity index (χ1n) is 11.5. The summed E-state index contributed by atoms with van der Waals surface area (Å²) in [5.41, 5.74) is 6.78. The van der Waals surface area contributed by atoms with Crippen molar-refractivity contribution in [2.75, 3.05) is 0 Å². The van der Waals surface area contributed by atoms with Crippen LogP contribution in [0.4, 0.5) is 5.69 Å². The minimum atomic E-state index is -3.37. The number of rotatable bonds is 3. The summed E-state index contributed by atoms with van der Waals surface area (Å²) in [6.45, 7) is 11.8. The highest BCUT2D eigenvalue weighted by Crippen LogP contribution is 2.21. The number of nitro benzene ring substituents is 1. The predicted octanol–water partition coefficient (Wildman–Crippen LogP) is 7.65. The van der Waals surface area contributed by atoms with Crippen molar-refractivity contribution >= 4 is 15.5 Å². The summed E-state index contributed by atoms with van der Waals surface area (Å²) in [6, 6.07) is 27.3. The molecular weight excluding hydrogens is 470 g/mol. The van der Waals surface area contributed by atoms with E-state index in [2.05, 4.69) is 38.1 Å². The smallest absolute Gasteiger partial charge is 0.258 e. The third kappa shape index (κ3) is 8.78. The lowest BCUT2D eigenvalue weighted by molar-refractivity contribution is -0.384. The highest BCUT2D eigenvalue weighted by molar-refractivity contribution is 7.91. The molecule has 0 bridgehead atoms. The molecule has 0 aliphatic rings. The average Bonchev–Trinajstić information content (AvgIpc) is 2.82. The second kappa shape index (κ2) is 12.8. The number of benzene rings is 4. The van der Waals surface area contributed by atoms with Gasteiger partial charge in [-0.05, 0) is 76.9 Å². The van der Waals surface area contributed by atoms with Crippen molar-refractivity contribution < 1.29 is 13.3 Å². The molecule has 0 heterocycles. The molecule has 0 N–H and O–H groups in total. The summed E-state index contributed by atoms with van der Waals surface area (Å²) in [5, 5.41) is 10.3. The van der Waals surface area contributed by atoms with E-state index in [1.54, 1.807) is 60.7 Å². The molecule has 0 aliphatic heterocycles. The van der Waals surface area contributed by atoms with Crippen LogP contribution in [0.1, 0.15) is 33.4 Å². The molecule has 0 radical (unpaired) electrons. The van der Waals surface area contributed by atoms with Gasteiger partial charge in [-0.15, -0.1) is 0 Å². The first-order chi connectivity index (χ1) is 16.9. The first-order valence-corrected chi connectivity index (χ1v) is 13.0. The van der Waals surface area contributed by atoms with Crippen molar-refractivity contribution in [1.29, 1.82) is 0 Å². The van der Waals surface area contributed by atoms with Gasteiger partial charge in [0.05, 0.1) is 14.7 Å². The fourth-order valence-corrected chi connectivity index (χ4v) is 4.52. The van der Waals surface area contributed by atoms with Crippen LogP contribution in [0.3, 0.4) is 0 Å². The van der Waals surface area contributed by atoms with Gasteiger partial charge in [-0.3, -0.25) is 10.1 Å². The van der Waals surface area contributed by atoms with E-state index in [0.717, 1.165) is 22.3 Å². The molecule has 4 aromatic rings. The van der Waals surface area contributed by atoms with Crippen LogP contribution in [0.2, 0.25) is 0 Å². The minimum absolute atomic E-state index is 0.169. The van der Waals surface area contributed by atoms with Gasteiger partial charge < -0.3 is 0 Å². The van der Waals surface area contributed by atoms with E-state index in [0.29, 0.717) is 9.79 Å². The molecule has 0 saturated carbocycles. The molecule has 0 unspecified atom stereocenters. The van der Waals surface area contributed by atoms with Crippen LogP contribution in [-0.4, -0.2) is 13.3 Å². The first kappa shape index (κ1) is 28.5. The van der Waals surface area contributed by atoms with Crippen LogP contribution in [0.5, 0.6) is 0 Å². The molecule has 0 fully saturated rings. The van der Waals surface area contributed by atoms with Crippen molar-refractivity contribution in [1.82, 2.24) is 0 Å². The summed E-state index contributed by atoms with van der Waals surface area (Å²) in [5.74, 6) is 0. The fraction of sp³-hybridized carbons (Fsp3) is 0.200. The molecule has 0 atom stereocenters. The van der Waals surface area contributed by atoms with Gasteiger partial charge >= 0.3 is 0 Å². The number of sulfone groups is 1. The SMILES string of the molecule is Cc1cc(C)cc([N+](=O)[O-])c1.Cc1ccc(C)cc1.Cc1ccc(S(=O)(=O)c2ccc(C)cc2)cc1. The number of nitro groups is 1. The van der Waals surface area contributed by atoms with Gasteiger partial charge in [-0.1, -0.05) is 76.9 Å². The lowest BCUT2D eigenvalue weighted by Crippen LogP contribution is -2.01. The van der Waals surface area contributed by atoms with E-state index in [1.165, 1.54) is 11.1 Å². The van der Waals surface area contributed by atoms with E-state index in [4.69, 9.17) is 0 Å². The summed E-state index contributed by atoms with van der Waals surface area (Å²) in [7, 11) is -3.37. The minimum Gasteiger partial charge on any atom is -0.258 e. The Balaban J connectivity index is 0.000000206. The molecule has 5 nitrogen and oxygen atoms in total. The van der Waals surface area contributed by atoms with Crippen LogP contribution in [-0.2, 0) is 9.84 Å². The Morgan fingerprint density at radius 2 is 0.778 bits per heavy atom. The molecule has 0 spiro atoms. The monoisotopic (exact) mass is 503 g/mol. The zero-order valence-electron chi connectivity index (χ0n) is 21.6. The van der Waals surface area contributed by atoms with Gasteiger partial charge in [0.15, 0.2) is 0 Å². The van der Waals surface area contributed by atoms with Gasteiger partial charge in [0, 0.05) is 12.1 Å². The molecule has 0 saturated heterocycles. The maximum atomic E-state index is 12.3. The topological polar surface area (TPSA) is 77.3 Å². The third-order valence-corrected chi connectivity index (χ3v) is 7.08. The van der Waals surface area contributed by atoms with Crippen molar-refractivity contribution in [3.05, 3.63) is 134 Å². The molecule has 36 heavy (non-hydrogen) atoms. The van der Waals surface area contributed by atoms with Crippen LogP contribution >= 0.6 is 0 Å². The Morgan fingerprint density at radius 3 is 1.06 bits per heavy atom. The normalized spacial score (nSPS) is 10.4. The Hall–Kier alpha value is -3.77. The predicted molar refractivity (Wildman–Crippen MR) is 146 cm³/mol. The largest absolute Gasteiger partial charge is 0.269 e. The van der Waals surface area contributed by atoms with E-state index in [-0.39, 0.29) is 10.6 Å². The van der Waals surface area contributed by atoms with Crippen molar-refractivity contribution in [2.24, 2.45) is 0 Å². The average molecular weight is 504 g/mol. The fourth-order valence-electron chi connectivity index (χ4n) is 3.26. The van der Waals surface area contributed by atoms with Gasteiger partial charge in [0.25, 0.3) is 5.69 Å². The second-order valence-electron chi connectivity index (χ2n) is 8.89. The lowest BCUT2D eigenvalue weighted by atomic mass is 10.1. The van der Waals surface area contributed by atoms with Gasteiger partial charge in [-0.2, -0.15) is 0 Å². The standard InChI is InChI=1S/C14H14O2S.C8H9NO2.C8H10/c1-11-3-7-13(8-4-11)17(15,16)14-9-5-12(2)6-10-14;1-6-3-7(2)5-8(4-6)9(10)11;1-7-3-5-8(2)6-4-7/h3-10H,1-2H3;3-5H,1-2H3;3-6H,1-2H3. The van der Waals surface area contributed by atoms with Crippen molar-refractivity contribution in [3.63, 3.8) is 0 Å². The molecule has 4 rings (SSSR count). The van der Waals surface area contributed by atoms with Crippen molar-refractivity contribution in [3.8, 4) is 0 Å². The third-order valence-electron chi connectivity index (χ3n) is 5.30. The number of hydrogen-bond acceptors (Lipinski definition) is 4. The quantitative estimate of drug-likeness (QED) is 0.212. The van der Waals surface area contributed by atoms with Gasteiger partial charge in [0.1, 0.15) is 0 Å². The lowest BCUT2D eigenvalue weighted by Gasteiger charge is -2.05. The van der Waals surface area contributed by atoms with E-state index < -0.39 is 9.84 Å². The van der Waals surface area contributed by atoms with Crippen molar-refractivity contribution in [2.45, 2.75) is 51.3 Å².